The maximum atomic E-state index is 10.0. The van der Waals surface area contributed by atoms with Gasteiger partial charge in [0.25, 0.3) is 0 Å². The second kappa shape index (κ2) is 3.42. The molecule has 2 N–H and O–H groups in total. The predicted octanol–water partition coefficient (Wildman–Crippen LogP) is 1.11. The van der Waals surface area contributed by atoms with Gasteiger partial charge >= 0.3 is 0 Å². The van der Waals surface area contributed by atoms with Crippen molar-refractivity contribution in [2.24, 2.45) is 11.8 Å². The molecule has 12 heavy (non-hydrogen) atoms. The normalized spacial score (nSPS) is 41.2. The molecule has 2 unspecified atom stereocenters. The van der Waals surface area contributed by atoms with Crippen LogP contribution in [0, 0.1) is 11.8 Å². The second-order valence-electron chi connectivity index (χ2n) is 3.41. The molecule has 0 radical (unpaired) electrons. The Morgan fingerprint density at radius 1 is 1.25 bits per heavy atom. The molecule has 0 saturated heterocycles. The molecule has 68 valence electrons. The number of aliphatic hydroxyl groups excluding tert-OH is 1. The molecule has 0 aromatic rings. The smallest absolute Gasteiger partial charge is 0.100 e. The van der Waals surface area contributed by atoms with E-state index in [2.05, 4.69) is 13.2 Å². The highest BCUT2D eigenvalue weighted by Gasteiger charge is 2.45. The van der Waals surface area contributed by atoms with Crippen LogP contribution >= 0.6 is 0 Å². The molecule has 0 amide bonds. The van der Waals surface area contributed by atoms with Gasteiger partial charge in [-0.1, -0.05) is 12.2 Å². The van der Waals surface area contributed by atoms with Gasteiger partial charge in [0.1, 0.15) is 5.60 Å². The zero-order chi connectivity index (χ0) is 9.19. The van der Waals surface area contributed by atoms with E-state index in [0.29, 0.717) is 0 Å². The molecule has 0 aliphatic heterocycles. The van der Waals surface area contributed by atoms with Crippen LogP contribution in [0.1, 0.15) is 12.8 Å². The van der Waals surface area contributed by atoms with E-state index in [-0.39, 0.29) is 18.4 Å². The van der Waals surface area contributed by atoms with Crippen LogP contribution in [-0.2, 0) is 0 Å². The molecular formula is C10H16O2. The second-order valence-corrected chi connectivity index (χ2v) is 3.41. The first-order valence-corrected chi connectivity index (χ1v) is 4.27. The first-order chi connectivity index (χ1) is 5.69. The fraction of sp³-hybridized carbons (Fsp3) is 0.600. The molecule has 0 bridgehead atoms. The van der Waals surface area contributed by atoms with E-state index in [1.165, 1.54) is 0 Å². The summed E-state index contributed by atoms with van der Waals surface area (Å²) in [5.74, 6) is 0.0102. The summed E-state index contributed by atoms with van der Waals surface area (Å²) in [5, 5.41) is 19.1. The van der Waals surface area contributed by atoms with Crippen molar-refractivity contribution in [3.05, 3.63) is 25.3 Å². The Bertz CT molecular complexity index is 170. The van der Waals surface area contributed by atoms with Gasteiger partial charge in [0, 0.05) is 11.8 Å². The SMILES string of the molecule is C=CC1CCC(C=C)C1(O)CO. The van der Waals surface area contributed by atoms with Crippen molar-refractivity contribution in [3.8, 4) is 0 Å². The molecule has 0 aromatic carbocycles. The van der Waals surface area contributed by atoms with Crippen molar-refractivity contribution in [2.45, 2.75) is 18.4 Å². The summed E-state index contributed by atoms with van der Waals surface area (Å²) in [4.78, 5) is 0. The minimum absolute atomic E-state index is 0.00509. The minimum Gasteiger partial charge on any atom is -0.393 e. The topological polar surface area (TPSA) is 40.5 Å². The molecule has 1 aliphatic rings. The molecule has 2 atom stereocenters. The molecule has 0 spiro atoms. The lowest BCUT2D eigenvalue weighted by molar-refractivity contribution is -0.0527. The average Bonchev–Trinajstić information content (AvgIpc) is 2.42. The van der Waals surface area contributed by atoms with E-state index in [1.54, 1.807) is 12.2 Å². The van der Waals surface area contributed by atoms with E-state index in [9.17, 15) is 5.11 Å². The summed E-state index contributed by atoms with van der Waals surface area (Å²) >= 11 is 0. The largest absolute Gasteiger partial charge is 0.393 e. The van der Waals surface area contributed by atoms with Crippen molar-refractivity contribution >= 4 is 0 Å². The van der Waals surface area contributed by atoms with Crippen molar-refractivity contribution in [1.29, 1.82) is 0 Å². The van der Waals surface area contributed by atoms with Gasteiger partial charge in [-0.15, -0.1) is 13.2 Å². The van der Waals surface area contributed by atoms with Gasteiger partial charge in [0.2, 0.25) is 0 Å². The van der Waals surface area contributed by atoms with Crippen LogP contribution < -0.4 is 0 Å². The van der Waals surface area contributed by atoms with Crippen LogP contribution in [0.3, 0.4) is 0 Å². The van der Waals surface area contributed by atoms with E-state index in [0.717, 1.165) is 12.8 Å². The van der Waals surface area contributed by atoms with Gasteiger partial charge in [-0.05, 0) is 12.8 Å². The van der Waals surface area contributed by atoms with E-state index < -0.39 is 5.60 Å². The third-order valence-corrected chi connectivity index (χ3v) is 2.90. The summed E-state index contributed by atoms with van der Waals surface area (Å²) in [6.07, 6.45) is 5.22. The lowest BCUT2D eigenvalue weighted by Gasteiger charge is -2.30. The van der Waals surface area contributed by atoms with Gasteiger partial charge < -0.3 is 10.2 Å². The Morgan fingerprint density at radius 2 is 1.67 bits per heavy atom. The Balaban J connectivity index is 2.85. The highest BCUT2D eigenvalue weighted by molar-refractivity contribution is 5.09. The quantitative estimate of drug-likeness (QED) is 0.620. The fourth-order valence-electron chi connectivity index (χ4n) is 2.01. The number of aliphatic hydroxyl groups is 2. The lowest BCUT2D eigenvalue weighted by Crippen LogP contribution is -2.41. The summed E-state index contributed by atoms with van der Waals surface area (Å²) in [6.45, 7) is 7.09. The molecule has 1 saturated carbocycles. The summed E-state index contributed by atoms with van der Waals surface area (Å²) < 4.78 is 0. The number of hydrogen-bond donors (Lipinski definition) is 2. The molecule has 1 fully saturated rings. The molecule has 1 rings (SSSR count). The van der Waals surface area contributed by atoms with Crippen LogP contribution in [0.5, 0.6) is 0 Å². The third-order valence-electron chi connectivity index (χ3n) is 2.90. The van der Waals surface area contributed by atoms with Crippen molar-refractivity contribution in [1.82, 2.24) is 0 Å². The first-order valence-electron chi connectivity index (χ1n) is 4.27. The van der Waals surface area contributed by atoms with Gasteiger partial charge in [0.15, 0.2) is 0 Å². The van der Waals surface area contributed by atoms with Gasteiger partial charge in [-0.3, -0.25) is 0 Å². The van der Waals surface area contributed by atoms with Crippen LogP contribution in [-0.4, -0.2) is 22.4 Å². The highest BCUT2D eigenvalue weighted by Crippen LogP contribution is 2.41. The summed E-state index contributed by atoms with van der Waals surface area (Å²) in [7, 11) is 0. The average molecular weight is 168 g/mol. The van der Waals surface area contributed by atoms with Crippen LogP contribution in [0.4, 0.5) is 0 Å². The number of rotatable bonds is 3. The maximum absolute atomic E-state index is 10.0. The summed E-state index contributed by atoms with van der Waals surface area (Å²) in [6, 6.07) is 0. The molecule has 0 aromatic heterocycles. The van der Waals surface area contributed by atoms with Gasteiger partial charge in [-0.2, -0.15) is 0 Å². The van der Waals surface area contributed by atoms with E-state index in [1.807, 2.05) is 0 Å². The Labute approximate surface area is 73.2 Å². The maximum Gasteiger partial charge on any atom is 0.100 e. The molecule has 0 heterocycles. The Morgan fingerprint density at radius 3 is 1.92 bits per heavy atom. The standard InChI is InChI=1S/C10H16O2/c1-3-8-5-6-9(4-2)10(8,12)7-11/h3-4,8-9,11-12H,1-2,5-7H2. The van der Waals surface area contributed by atoms with Crippen LogP contribution in [0.25, 0.3) is 0 Å². The lowest BCUT2D eigenvalue weighted by atomic mass is 9.85. The van der Waals surface area contributed by atoms with Crippen molar-refractivity contribution in [2.75, 3.05) is 6.61 Å². The Hall–Kier alpha value is -0.600. The van der Waals surface area contributed by atoms with Gasteiger partial charge in [-0.25, -0.2) is 0 Å². The van der Waals surface area contributed by atoms with Crippen LogP contribution in [0.2, 0.25) is 0 Å². The molecule has 2 heteroatoms. The van der Waals surface area contributed by atoms with Gasteiger partial charge in [0.05, 0.1) is 6.61 Å². The zero-order valence-corrected chi connectivity index (χ0v) is 7.24. The monoisotopic (exact) mass is 168 g/mol. The van der Waals surface area contributed by atoms with E-state index in [4.69, 9.17) is 5.11 Å². The highest BCUT2D eigenvalue weighted by atomic mass is 16.3. The number of hydrogen-bond acceptors (Lipinski definition) is 2. The Kier molecular flexibility index (Phi) is 2.70. The van der Waals surface area contributed by atoms with Crippen LogP contribution in [0.15, 0.2) is 25.3 Å². The third kappa shape index (κ3) is 1.21. The summed E-state index contributed by atoms with van der Waals surface area (Å²) in [5.41, 5.74) is -1.01. The van der Waals surface area contributed by atoms with E-state index >= 15 is 0 Å². The molecule has 2 nitrogen and oxygen atoms in total. The first kappa shape index (κ1) is 9.49. The predicted molar refractivity (Wildman–Crippen MR) is 48.6 cm³/mol. The molecular weight excluding hydrogens is 152 g/mol. The fourth-order valence-corrected chi connectivity index (χ4v) is 2.01. The van der Waals surface area contributed by atoms with Crippen molar-refractivity contribution in [3.63, 3.8) is 0 Å². The van der Waals surface area contributed by atoms with Crippen molar-refractivity contribution < 1.29 is 10.2 Å². The molecule has 1 aliphatic carbocycles. The minimum atomic E-state index is -1.01. The zero-order valence-electron chi connectivity index (χ0n) is 7.24.